The van der Waals surface area contributed by atoms with Crippen molar-refractivity contribution in [1.29, 1.82) is 0 Å². The summed E-state index contributed by atoms with van der Waals surface area (Å²) >= 11 is 0. The lowest BCUT2D eigenvalue weighted by atomic mass is 10.1. The Hall–Kier alpha value is -1.75. The van der Waals surface area contributed by atoms with Crippen molar-refractivity contribution in [3.63, 3.8) is 0 Å². The molecule has 0 amide bonds. The molecule has 0 bridgehead atoms. The molecule has 0 heterocycles. The van der Waals surface area contributed by atoms with Gasteiger partial charge in [-0.05, 0) is 31.5 Å². The molecule has 18 heavy (non-hydrogen) atoms. The lowest BCUT2D eigenvalue weighted by Crippen LogP contribution is -2.42. The van der Waals surface area contributed by atoms with Gasteiger partial charge in [0.1, 0.15) is 6.61 Å². The normalized spacial score (nSPS) is 13.6. The first-order chi connectivity index (χ1) is 8.40. The Bertz CT molecular complexity index is 425. The number of hydrogen-bond acceptors (Lipinski definition) is 5. The SMILES string of the molecule is COC(=O)C(C)(O)COc1ccc(C)cc1OC. The molecule has 0 aromatic heterocycles. The van der Waals surface area contributed by atoms with E-state index in [-0.39, 0.29) is 6.61 Å². The molecule has 5 heteroatoms. The molecule has 0 saturated carbocycles. The van der Waals surface area contributed by atoms with Crippen LogP contribution >= 0.6 is 0 Å². The minimum absolute atomic E-state index is 0.209. The van der Waals surface area contributed by atoms with E-state index in [1.807, 2.05) is 19.1 Å². The molecule has 0 aliphatic carbocycles. The van der Waals surface area contributed by atoms with Crippen LogP contribution in [0.4, 0.5) is 0 Å². The first kappa shape index (κ1) is 14.3. The maximum Gasteiger partial charge on any atom is 0.341 e. The van der Waals surface area contributed by atoms with Gasteiger partial charge in [-0.2, -0.15) is 0 Å². The Morgan fingerprint density at radius 3 is 2.56 bits per heavy atom. The van der Waals surface area contributed by atoms with Crippen LogP contribution in [0.15, 0.2) is 18.2 Å². The van der Waals surface area contributed by atoms with Crippen LogP contribution in [0.2, 0.25) is 0 Å². The third kappa shape index (κ3) is 3.37. The lowest BCUT2D eigenvalue weighted by Gasteiger charge is -2.21. The zero-order chi connectivity index (χ0) is 13.8. The van der Waals surface area contributed by atoms with Crippen LogP contribution in [0.1, 0.15) is 12.5 Å². The van der Waals surface area contributed by atoms with Gasteiger partial charge in [0.25, 0.3) is 0 Å². The highest BCUT2D eigenvalue weighted by Crippen LogP contribution is 2.28. The second-order valence-corrected chi connectivity index (χ2v) is 4.21. The molecule has 1 N–H and O–H groups in total. The Morgan fingerprint density at radius 1 is 1.33 bits per heavy atom. The van der Waals surface area contributed by atoms with Crippen LogP contribution in [-0.2, 0) is 9.53 Å². The summed E-state index contributed by atoms with van der Waals surface area (Å²) < 4.78 is 15.0. The van der Waals surface area contributed by atoms with E-state index in [4.69, 9.17) is 9.47 Å². The van der Waals surface area contributed by atoms with Gasteiger partial charge in [0.05, 0.1) is 14.2 Å². The number of rotatable bonds is 5. The third-order valence-electron chi connectivity index (χ3n) is 2.45. The number of aliphatic hydroxyl groups is 1. The predicted octanol–water partition coefficient (Wildman–Crippen LogP) is 1.31. The van der Waals surface area contributed by atoms with Gasteiger partial charge in [-0.3, -0.25) is 0 Å². The van der Waals surface area contributed by atoms with Gasteiger partial charge in [-0.15, -0.1) is 0 Å². The number of ether oxygens (including phenoxy) is 3. The highest BCUT2D eigenvalue weighted by Gasteiger charge is 2.32. The average Bonchev–Trinajstić information content (AvgIpc) is 2.36. The summed E-state index contributed by atoms with van der Waals surface area (Å²) in [5.74, 6) is 0.275. The van der Waals surface area contributed by atoms with Gasteiger partial charge < -0.3 is 19.3 Å². The standard InChI is InChI=1S/C13H18O5/c1-9-5-6-10(11(7-9)16-3)18-8-13(2,15)12(14)17-4/h5-7,15H,8H2,1-4H3. The molecule has 5 nitrogen and oxygen atoms in total. The Morgan fingerprint density at radius 2 is 2.00 bits per heavy atom. The molecule has 0 saturated heterocycles. The Labute approximate surface area is 106 Å². The zero-order valence-electron chi connectivity index (χ0n) is 11.0. The van der Waals surface area contributed by atoms with Crippen molar-refractivity contribution in [2.45, 2.75) is 19.4 Å². The van der Waals surface area contributed by atoms with E-state index in [0.717, 1.165) is 5.56 Å². The molecule has 0 aliphatic heterocycles. The molecule has 0 aliphatic rings. The molecule has 0 spiro atoms. The fraction of sp³-hybridized carbons (Fsp3) is 0.462. The van der Waals surface area contributed by atoms with E-state index in [9.17, 15) is 9.90 Å². The largest absolute Gasteiger partial charge is 0.493 e. The van der Waals surface area contributed by atoms with Crippen LogP contribution < -0.4 is 9.47 Å². The molecule has 1 unspecified atom stereocenters. The molecule has 1 aromatic rings. The van der Waals surface area contributed by atoms with Crippen molar-refractivity contribution >= 4 is 5.97 Å². The van der Waals surface area contributed by atoms with Crippen molar-refractivity contribution < 1.29 is 24.1 Å². The van der Waals surface area contributed by atoms with Crippen molar-refractivity contribution in [2.75, 3.05) is 20.8 Å². The summed E-state index contributed by atoms with van der Waals surface area (Å²) in [5.41, 5.74) is -0.663. The van der Waals surface area contributed by atoms with Crippen LogP contribution in [0.3, 0.4) is 0 Å². The van der Waals surface area contributed by atoms with Gasteiger partial charge in [-0.25, -0.2) is 4.79 Å². The third-order valence-corrected chi connectivity index (χ3v) is 2.45. The number of methoxy groups -OCH3 is 2. The molecular weight excluding hydrogens is 236 g/mol. The topological polar surface area (TPSA) is 65.0 Å². The minimum atomic E-state index is -1.69. The van der Waals surface area contributed by atoms with Gasteiger partial charge in [0.15, 0.2) is 17.1 Å². The van der Waals surface area contributed by atoms with Crippen LogP contribution in [-0.4, -0.2) is 37.5 Å². The van der Waals surface area contributed by atoms with Gasteiger partial charge in [-0.1, -0.05) is 6.07 Å². The van der Waals surface area contributed by atoms with Crippen LogP contribution in [0, 0.1) is 6.92 Å². The maximum atomic E-state index is 11.3. The van der Waals surface area contributed by atoms with Crippen LogP contribution in [0.25, 0.3) is 0 Å². The predicted molar refractivity (Wildman–Crippen MR) is 65.9 cm³/mol. The van der Waals surface area contributed by atoms with E-state index in [1.165, 1.54) is 21.1 Å². The number of benzene rings is 1. The highest BCUT2D eigenvalue weighted by molar-refractivity contribution is 5.78. The summed E-state index contributed by atoms with van der Waals surface area (Å²) in [6.07, 6.45) is 0. The van der Waals surface area contributed by atoms with E-state index >= 15 is 0 Å². The molecule has 1 atom stereocenters. The van der Waals surface area contributed by atoms with Gasteiger partial charge in [0.2, 0.25) is 0 Å². The molecular formula is C13H18O5. The number of aryl methyl sites for hydroxylation is 1. The van der Waals surface area contributed by atoms with Crippen molar-refractivity contribution in [3.05, 3.63) is 23.8 Å². The van der Waals surface area contributed by atoms with Gasteiger partial charge in [0, 0.05) is 0 Å². The Balaban J connectivity index is 2.77. The maximum absolute atomic E-state index is 11.3. The number of carbonyl (C=O) groups excluding carboxylic acids is 1. The monoisotopic (exact) mass is 254 g/mol. The van der Waals surface area contributed by atoms with Crippen molar-refractivity contribution in [2.24, 2.45) is 0 Å². The number of hydrogen-bond donors (Lipinski definition) is 1. The fourth-order valence-corrected chi connectivity index (χ4v) is 1.39. The summed E-state index contributed by atoms with van der Waals surface area (Å²) in [6, 6.07) is 5.38. The quantitative estimate of drug-likeness (QED) is 0.802. The molecule has 1 aromatic carbocycles. The molecule has 0 radical (unpaired) electrons. The summed E-state index contributed by atoms with van der Waals surface area (Å²) in [7, 11) is 2.74. The minimum Gasteiger partial charge on any atom is -0.493 e. The smallest absolute Gasteiger partial charge is 0.341 e. The zero-order valence-corrected chi connectivity index (χ0v) is 11.0. The molecule has 1 rings (SSSR count). The van der Waals surface area contributed by atoms with E-state index in [0.29, 0.717) is 11.5 Å². The van der Waals surface area contributed by atoms with Crippen molar-refractivity contribution in [3.8, 4) is 11.5 Å². The lowest BCUT2D eigenvalue weighted by molar-refractivity contribution is -0.163. The molecule has 100 valence electrons. The van der Waals surface area contributed by atoms with E-state index in [2.05, 4.69) is 4.74 Å². The second-order valence-electron chi connectivity index (χ2n) is 4.21. The fourth-order valence-electron chi connectivity index (χ4n) is 1.39. The van der Waals surface area contributed by atoms with E-state index < -0.39 is 11.6 Å². The van der Waals surface area contributed by atoms with Crippen molar-refractivity contribution in [1.82, 2.24) is 0 Å². The summed E-state index contributed by atoms with van der Waals surface area (Å²) in [5, 5.41) is 9.82. The van der Waals surface area contributed by atoms with E-state index in [1.54, 1.807) is 6.07 Å². The first-order valence-corrected chi connectivity index (χ1v) is 5.49. The van der Waals surface area contributed by atoms with Crippen LogP contribution in [0.5, 0.6) is 11.5 Å². The summed E-state index contributed by atoms with van der Waals surface area (Å²) in [4.78, 5) is 11.3. The number of esters is 1. The van der Waals surface area contributed by atoms with Gasteiger partial charge >= 0.3 is 5.97 Å². The second kappa shape index (κ2) is 5.73. The highest BCUT2D eigenvalue weighted by atomic mass is 16.6. The summed E-state index contributed by atoms with van der Waals surface area (Å²) in [6.45, 7) is 3.05. The first-order valence-electron chi connectivity index (χ1n) is 5.49. The number of carbonyl (C=O) groups is 1. The average molecular weight is 254 g/mol. The Kier molecular flexibility index (Phi) is 4.55. The molecule has 0 fully saturated rings.